The first-order chi connectivity index (χ1) is 5.65. The summed E-state index contributed by atoms with van der Waals surface area (Å²) in [5, 5.41) is 11.7. The average Bonchev–Trinajstić information content (AvgIpc) is 1.96. The van der Waals surface area contributed by atoms with Gasteiger partial charge in [0.15, 0.2) is 0 Å². The Morgan fingerprint density at radius 1 is 1.08 bits per heavy atom. The maximum Gasteiger partial charge on any atom is 0.0863 e. The first-order valence-electron chi connectivity index (χ1n) is 3.36. The quantitative estimate of drug-likeness (QED) is 0.731. The molecule has 0 atom stereocenters. The summed E-state index contributed by atoms with van der Waals surface area (Å²) in [5.74, 6) is 0. The van der Waals surface area contributed by atoms with Crippen molar-refractivity contribution in [3.05, 3.63) is 32.8 Å². The molecule has 0 aliphatic heterocycles. The number of benzene rings is 1. The van der Waals surface area contributed by atoms with Crippen molar-refractivity contribution in [2.75, 3.05) is 6.61 Å². The Bertz CT molecular complexity index is 263. The van der Waals surface area contributed by atoms with E-state index in [2.05, 4.69) is 0 Å². The Morgan fingerprint density at radius 3 is 2.00 bits per heavy atom. The summed E-state index contributed by atoms with van der Waals surface area (Å²) in [6, 6.07) is 3.17. The van der Waals surface area contributed by atoms with Gasteiger partial charge in [0.25, 0.3) is 0 Å². The third-order valence-corrected chi connectivity index (χ3v) is 2.35. The minimum atomic E-state index is -0.221. The van der Waals surface area contributed by atoms with E-state index in [0.29, 0.717) is 27.1 Å². The summed E-state index contributed by atoms with van der Waals surface area (Å²) in [4.78, 5) is 0. The van der Waals surface area contributed by atoms with E-state index in [4.69, 9.17) is 34.8 Å². The Hall–Kier alpha value is 0.0500. The van der Waals surface area contributed by atoms with Gasteiger partial charge in [-0.1, -0.05) is 34.8 Å². The van der Waals surface area contributed by atoms with E-state index in [1.165, 1.54) is 0 Å². The second-order valence-electron chi connectivity index (χ2n) is 2.30. The van der Waals surface area contributed by atoms with E-state index < -0.39 is 0 Å². The van der Waals surface area contributed by atoms with Gasteiger partial charge in [-0.25, -0.2) is 5.11 Å². The van der Waals surface area contributed by atoms with Gasteiger partial charge < -0.3 is 0 Å². The summed E-state index contributed by atoms with van der Waals surface area (Å²) in [5.41, 5.74) is 0.678. The standard InChI is InChI=1S/C8H6Cl3O/c9-5-3-7(10)6(1-2-12)8(11)4-5/h3-4H,1-2H2. The number of halogens is 3. The molecule has 0 N–H and O–H groups in total. The maximum atomic E-state index is 10.3. The van der Waals surface area contributed by atoms with Gasteiger partial charge in [-0.05, 0) is 17.7 Å². The first kappa shape index (κ1) is 10.1. The van der Waals surface area contributed by atoms with Gasteiger partial charge in [-0.2, -0.15) is 0 Å². The predicted molar refractivity (Wildman–Crippen MR) is 50.7 cm³/mol. The van der Waals surface area contributed by atoms with Crippen molar-refractivity contribution in [3.8, 4) is 0 Å². The maximum absolute atomic E-state index is 10.3. The summed E-state index contributed by atoms with van der Waals surface area (Å²) < 4.78 is 0. The molecule has 1 radical (unpaired) electrons. The first-order valence-corrected chi connectivity index (χ1v) is 4.50. The van der Waals surface area contributed by atoms with Crippen molar-refractivity contribution in [1.29, 1.82) is 0 Å². The van der Waals surface area contributed by atoms with Crippen LogP contribution in [0.1, 0.15) is 5.56 Å². The summed E-state index contributed by atoms with van der Waals surface area (Å²) in [6.45, 7) is -0.221. The van der Waals surface area contributed by atoms with Crippen LogP contribution in [0.5, 0.6) is 0 Å². The van der Waals surface area contributed by atoms with E-state index >= 15 is 0 Å². The minimum Gasteiger partial charge on any atom is -0.236 e. The van der Waals surface area contributed by atoms with Gasteiger partial charge >= 0.3 is 0 Å². The van der Waals surface area contributed by atoms with E-state index in [0.717, 1.165) is 0 Å². The van der Waals surface area contributed by atoms with Crippen molar-refractivity contribution in [1.82, 2.24) is 0 Å². The lowest BCUT2D eigenvalue weighted by Gasteiger charge is -2.04. The monoisotopic (exact) mass is 223 g/mol. The van der Waals surface area contributed by atoms with Crippen LogP contribution in [-0.4, -0.2) is 6.61 Å². The minimum absolute atomic E-state index is 0.221. The van der Waals surface area contributed by atoms with E-state index in [1.54, 1.807) is 12.1 Å². The van der Waals surface area contributed by atoms with Crippen molar-refractivity contribution in [2.24, 2.45) is 0 Å². The van der Waals surface area contributed by atoms with Crippen LogP contribution in [0.4, 0.5) is 0 Å². The molecule has 0 saturated heterocycles. The van der Waals surface area contributed by atoms with E-state index in [1.807, 2.05) is 0 Å². The summed E-state index contributed by atoms with van der Waals surface area (Å²) >= 11 is 17.3. The van der Waals surface area contributed by atoms with Crippen LogP contribution in [0.15, 0.2) is 12.1 Å². The molecule has 12 heavy (non-hydrogen) atoms. The fourth-order valence-corrected chi connectivity index (χ4v) is 1.92. The van der Waals surface area contributed by atoms with Crippen molar-refractivity contribution >= 4 is 34.8 Å². The molecule has 0 aliphatic rings. The lowest BCUT2D eigenvalue weighted by atomic mass is 10.1. The molecule has 1 aromatic rings. The lowest BCUT2D eigenvalue weighted by molar-refractivity contribution is 0.197. The number of hydrogen-bond donors (Lipinski definition) is 0. The summed E-state index contributed by atoms with van der Waals surface area (Å²) in [6.07, 6.45) is 0.342. The van der Waals surface area contributed by atoms with Crippen molar-refractivity contribution in [2.45, 2.75) is 6.42 Å². The molecule has 0 aliphatic carbocycles. The van der Waals surface area contributed by atoms with Gasteiger partial charge in [-0.3, -0.25) is 0 Å². The van der Waals surface area contributed by atoms with Crippen LogP contribution in [0, 0.1) is 0 Å². The zero-order valence-corrected chi connectivity index (χ0v) is 8.38. The molecule has 65 valence electrons. The van der Waals surface area contributed by atoms with E-state index in [9.17, 15) is 5.11 Å². The second kappa shape index (κ2) is 4.33. The van der Waals surface area contributed by atoms with Crippen LogP contribution in [0.3, 0.4) is 0 Å². The Morgan fingerprint density at radius 2 is 1.58 bits per heavy atom. The Labute approximate surface area is 85.9 Å². The smallest absolute Gasteiger partial charge is 0.0863 e. The molecule has 4 heteroatoms. The fraction of sp³-hybridized carbons (Fsp3) is 0.250. The highest BCUT2D eigenvalue weighted by molar-refractivity contribution is 6.39. The molecule has 0 saturated carbocycles. The molecular formula is C8H6Cl3O. The zero-order chi connectivity index (χ0) is 9.14. The molecule has 0 amide bonds. The highest BCUT2D eigenvalue weighted by Gasteiger charge is 2.06. The fourth-order valence-electron chi connectivity index (χ4n) is 0.913. The molecule has 0 aromatic heterocycles. The van der Waals surface area contributed by atoms with Crippen LogP contribution in [0.25, 0.3) is 0 Å². The van der Waals surface area contributed by atoms with Crippen LogP contribution in [0.2, 0.25) is 15.1 Å². The molecular weight excluding hydrogens is 218 g/mol. The third kappa shape index (κ3) is 2.27. The highest BCUT2D eigenvalue weighted by atomic mass is 35.5. The van der Waals surface area contributed by atoms with Crippen LogP contribution in [-0.2, 0) is 11.5 Å². The largest absolute Gasteiger partial charge is 0.236 e. The van der Waals surface area contributed by atoms with Gasteiger partial charge in [0.1, 0.15) is 0 Å². The highest BCUT2D eigenvalue weighted by Crippen LogP contribution is 2.28. The molecule has 1 rings (SSSR count). The second-order valence-corrected chi connectivity index (χ2v) is 3.55. The average molecular weight is 224 g/mol. The normalized spacial score (nSPS) is 10.3. The zero-order valence-electron chi connectivity index (χ0n) is 6.11. The molecule has 0 heterocycles. The third-order valence-electron chi connectivity index (χ3n) is 1.46. The lowest BCUT2D eigenvalue weighted by Crippen LogP contribution is -1.91. The predicted octanol–water partition coefficient (Wildman–Crippen LogP) is 3.62. The SMILES string of the molecule is [O]CCc1c(Cl)cc(Cl)cc1Cl. The molecule has 0 bridgehead atoms. The molecule has 1 nitrogen and oxygen atoms in total. The molecule has 1 aromatic carbocycles. The van der Waals surface area contributed by atoms with Gasteiger partial charge in [0.05, 0.1) is 6.61 Å². The number of rotatable bonds is 2. The Kier molecular flexibility index (Phi) is 3.66. The molecule has 0 fully saturated rings. The van der Waals surface area contributed by atoms with Crippen LogP contribution >= 0.6 is 34.8 Å². The molecule has 0 unspecified atom stereocenters. The van der Waals surface area contributed by atoms with E-state index in [-0.39, 0.29) is 6.61 Å². The van der Waals surface area contributed by atoms with Gasteiger partial charge in [-0.15, -0.1) is 0 Å². The topological polar surface area (TPSA) is 19.9 Å². The molecule has 0 spiro atoms. The van der Waals surface area contributed by atoms with Crippen molar-refractivity contribution in [3.63, 3.8) is 0 Å². The summed E-state index contributed by atoms with van der Waals surface area (Å²) in [7, 11) is 0. The number of hydrogen-bond acceptors (Lipinski definition) is 0. The van der Waals surface area contributed by atoms with Gasteiger partial charge in [0, 0.05) is 21.5 Å². The van der Waals surface area contributed by atoms with Crippen molar-refractivity contribution < 1.29 is 5.11 Å². The van der Waals surface area contributed by atoms with Gasteiger partial charge in [0.2, 0.25) is 0 Å². The van der Waals surface area contributed by atoms with Crippen LogP contribution < -0.4 is 0 Å². The Balaban J connectivity index is 3.10.